The van der Waals surface area contributed by atoms with Crippen LogP contribution in [0.15, 0.2) is 0 Å². The van der Waals surface area contributed by atoms with Gasteiger partial charge in [0.1, 0.15) is 5.37 Å². The highest BCUT2D eigenvalue weighted by atomic mass is 32.2. The molecule has 0 aromatic heterocycles. The lowest BCUT2D eigenvalue weighted by Crippen LogP contribution is -2.53. The fourth-order valence-corrected chi connectivity index (χ4v) is 5.76. The van der Waals surface area contributed by atoms with Crippen molar-refractivity contribution in [2.45, 2.75) is 52.0 Å². The molecular weight excluding hydrogens is 304 g/mol. The Labute approximate surface area is 135 Å². The van der Waals surface area contributed by atoms with Gasteiger partial charge in [-0.2, -0.15) is 11.8 Å². The molecule has 21 heavy (non-hydrogen) atoms. The second-order valence-corrected chi connectivity index (χ2v) is 9.93. The van der Waals surface area contributed by atoms with Crippen molar-refractivity contribution in [2.24, 2.45) is 5.41 Å². The second-order valence-electron chi connectivity index (χ2n) is 6.57. The van der Waals surface area contributed by atoms with Gasteiger partial charge in [-0.3, -0.25) is 4.90 Å². The van der Waals surface area contributed by atoms with Crippen LogP contribution in [-0.2, 0) is 9.84 Å². The molecule has 0 spiro atoms. The van der Waals surface area contributed by atoms with E-state index in [1.54, 1.807) is 11.8 Å². The molecular formula is C15H32N2O2S2. The van der Waals surface area contributed by atoms with E-state index in [-0.39, 0.29) is 10.8 Å². The van der Waals surface area contributed by atoms with Crippen molar-refractivity contribution in [3.05, 3.63) is 0 Å². The number of nitrogens with one attached hydrogen (secondary N) is 1. The summed E-state index contributed by atoms with van der Waals surface area (Å²) >= 11 is 1.76. The number of sulfone groups is 1. The van der Waals surface area contributed by atoms with Gasteiger partial charge in [0.15, 0.2) is 9.84 Å². The summed E-state index contributed by atoms with van der Waals surface area (Å²) in [5.74, 6) is 1.74. The minimum atomic E-state index is -3.01. The second kappa shape index (κ2) is 8.18. The Bertz CT molecular complexity index is 406. The Morgan fingerprint density at radius 1 is 1.33 bits per heavy atom. The van der Waals surface area contributed by atoms with Crippen molar-refractivity contribution >= 4 is 21.6 Å². The molecule has 1 saturated heterocycles. The number of hydrogen-bond donors (Lipinski definition) is 1. The standard InChI is InChI=1S/C15H32N2O2S2/c1-6-15(7-2,11-16-13(3)4)12-17-8-9-20-10-14(17)21(5,18)19/h13-14,16H,6-12H2,1-5H3. The Hall–Kier alpha value is 0.220. The first kappa shape index (κ1) is 19.3. The quantitative estimate of drug-likeness (QED) is 0.736. The van der Waals surface area contributed by atoms with Gasteiger partial charge in [0, 0.05) is 43.4 Å². The summed E-state index contributed by atoms with van der Waals surface area (Å²) in [5, 5.41) is 3.24. The van der Waals surface area contributed by atoms with Crippen LogP contribution in [0.3, 0.4) is 0 Å². The topological polar surface area (TPSA) is 49.4 Å². The monoisotopic (exact) mass is 336 g/mol. The van der Waals surface area contributed by atoms with Crippen molar-refractivity contribution in [3.63, 3.8) is 0 Å². The number of rotatable bonds is 8. The third-order valence-electron chi connectivity index (χ3n) is 4.61. The molecule has 0 amide bonds. The molecule has 6 heteroatoms. The van der Waals surface area contributed by atoms with Gasteiger partial charge in [-0.25, -0.2) is 8.42 Å². The molecule has 1 heterocycles. The van der Waals surface area contributed by atoms with E-state index in [4.69, 9.17) is 0 Å². The molecule has 0 bridgehead atoms. The van der Waals surface area contributed by atoms with Gasteiger partial charge >= 0.3 is 0 Å². The molecule has 0 radical (unpaired) electrons. The maximum Gasteiger partial charge on any atom is 0.164 e. The van der Waals surface area contributed by atoms with Crippen LogP contribution in [0.2, 0.25) is 0 Å². The normalized spacial score (nSPS) is 21.9. The summed E-state index contributed by atoms with van der Waals surface area (Å²) in [7, 11) is -3.01. The van der Waals surface area contributed by atoms with Crippen molar-refractivity contribution in [1.82, 2.24) is 10.2 Å². The van der Waals surface area contributed by atoms with Crippen LogP contribution in [0.1, 0.15) is 40.5 Å². The molecule has 126 valence electrons. The first-order chi connectivity index (χ1) is 9.74. The number of hydrogen-bond acceptors (Lipinski definition) is 5. The molecule has 0 aliphatic carbocycles. The van der Waals surface area contributed by atoms with Crippen molar-refractivity contribution < 1.29 is 8.42 Å². The molecule has 1 unspecified atom stereocenters. The highest BCUT2D eigenvalue weighted by Crippen LogP contribution is 2.31. The maximum atomic E-state index is 12.1. The average molecular weight is 337 g/mol. The van der Waals surface area contributed by atoms with Gasteiger partial charge in [-0.05, 0) is 18.3 Å². The van der Waals surface area contributed by atoms with E-state index in [1.165, 1.54) is 6.26 Å². The number of nitrogens with zero attached hydrogens (tertiary/aromatic N) is 1. The predicted octanol–water partition coefficient (Wildman–Crippen LogP) is 2.21. The van der Waals surface area contributed by atoms with Gasteiger partial charge in [0.2, 0.25) is 0 Å². The zero-order valence-corrected chi connectivity index (χ0v) is 15.8. The summed E-state index contributed by atoms with van der Waals surface area (Å²) in [5.41, 5.74) is 0.162. The Morgan fingerprint density at radius 2 is 1.95 bits per heavy atom. The van der Waals surface area contributed by atoms with E-state index in [2.05, 4.69) is 37.9 Å². The molecule has 0 aromatic carbocycles. The summed E-state index contributed by atoms with van der Waals surface area (Å²) in [6.07, 6.45) is 3.52. The third-order valence-corrected chi connectivity index (χ3v) is 7.30. The SMILES string of the molecule is CCC(CC)(CNC(C)C)CN1CCSCC1S(C)(=O)=O. The summed E-state index contributed by atoms with van der Waals surface area (Å²) in [4.78, 5) is 2.21. The van der Waals surface area contributed by atoms with Crippen LogP contribution in [-0.4, -0.2) is 62.1 Å². The molecule has 1 aliphatic rings. The molecule has 1 atom stereocenters. The van der Waals surface area contributed by atoms with Gasteiger partial charge in [-0.1, -0.05) is 27.7 Å². The fraction of sp³-hybridized carbons (Fsp3) is 1.00. The van der Waals surface area contributed by atoms with E-state index < -0.39 is 9.84 Å². The highest BCUT2D eigenvalue weighted by Gasteiger charge is 2.36. The van der Waals surface area contributed by atoms with Crippen molar-refractivity contribution in [3.8, 4) is 0 Å². The number of thioether (sulfide) groups is 1. The zero-order valence-electron chi connectivity index (χ0n) is 14.2. The summed E-state index contributed by atoms with van der Waals surface area (Å²) in [6, 6.07) is 0.463. The molecule has 0 saturated carbocycles. The minimum absolute atomic E-state index is 0.162. The Morgan fingerprint density at radius 3 is 2.43 bits per heavy atom. The van der Waals surface area contributed by atoms with E-state index in [9.17, 15) is 8.42 Å². The zero-order chi connectivity index (χ0) is 16.1. The van der Waals surface area contributed by atoms with Crippen LogP contribution >= 0.6 is 11.8 Å². The molecule has 1 aliphatic heterocycles. The summed E-state index contributed by atoms with van der Waals surface area (Å²) in [6.45, 7) is 11.5. The molecule has 1 N–H and O–H groups in total. The van der Waals surface area contributed by atoms with Gasteiger partial charge in [-0.15, -0.1) is 0 Å². The maximum absolute atomic E-state index is 12.1. The fourth-order valence-electron chi connectivity index (χ4n) is 2.82. The van der Waals surface area contributed by atoms with Crippen LogP contribution in [0.25, 0.3) is 0 Å². The van der Waals surface area contributed by atoms with E-state index in [0.717, 1.165) is 38.2 Å². The van der Waals surface area contributed by atoms with E-state index in [1.807, 2.05) is 0 Å². The molecule has 1 fully saturated rings. The van der Waals surface area contributed by atoms with Crippen molar-refractivity contribution in [2.75, 3.05) is 37.4 Å². The largest absolute Gasteiger partial charge is 0.314 e. The first-order valence-electron chi connectivity index (χ1n) is 7.98. The van der Waals surface area contributed by atoms with Crippen LogP contribution < -0.4 is 5.32 Å². The van der Waals surface area contributed by atoms with Gasteiger partial charge in [0.05, 0.1) is 0 Å². The van der Waals surface area contributed by atoms with Crippen LogP contribution in [0.4, 0.5) is 0 Å². The van der Waals surface area contributed by atoms with E-state index >= 15 is 0 Å². The minimum Gasteiger partial charge on any atom is -0.314 e. The van der Waals surface area contributed by atoms with Crippen molar-refractivity contribution in [1.29, 1.82) is 0 Å². The molecule has 0 aromatic rings. The molecule has 1 rings (SSSR count). The van der Waals surface area contributed by atoms with Crippen LogP contribution in [0.5, 0.6) is 0 Å². The van der Waals surface area contributed by atoms with Gasteiger partial charge in [0.25, 0.3) is 0 Å². The summed E-state index contributed by atoms with van der Waals surface area (Å²) < 4.78 is 24.1. The van der Waals surface area contributed by atoms with Crippen LogP contribution in [0, 0.1) is 5.41 Å². The predicted molar refractivity (Wildman–Crippen MR) is 93.7 cm³/mol. The average Bonchev–Trinajstić information content (AvgIpc) is 2.43. The van der Waals surface area contributed by atoms with Gasteiger partial charge < -0.3 is 5.32 Å². The highest BCUT2D eigenvalue weighted by molar-refractivity contribution is 8.00. The first-order valence-corrected chi connectivity index (χ1v) is 11.1. The Kier molecular flexibility index (Phi) is 7.50. The van der Waals surface area contributed by atoms with E-state index in [0.29, 0.717) is 11.8 Å². The molecule has 4 nitrogen and oxygen atoms in total. The Balaban J connectivity index is 2.84. The third kappa shape index (κ3) is 5.73. The lowest BCUT2D eigenvalue weighted by Gasteiger charge is -2.42. The lowest BCUT2D eigenvalue weighted by atomic mass is 9.81. The lowest BCUT2D eigenvalue weighted by molar-refractivity contribution is 0.129. The smallest absolute Gasteiger partial charge is 0.164 e.